The van der Waals surface area contributed by atoms with Gasteiger partial charge >= 0.3 is 0 Å². The lowest BCUT2D eigenvalue weighted by atomic mass is 10.1. The van der Waals surface area contributed by atoms with Gasteiger partial charge in [-0.05, 0) is 30.7 Å². The van der Waals surface area contributed by atoms with E-state index in [0.29, 0.717) is 11.5 Å². The molecule has 3 nitrogen and oxygen atoms in total. The van der Waals surface area contributed by atoms with Crippen molar-refractivity contribution in [3.05, 3.63) is 23.8 Å². The van der Waals surface area contributed by atoms with Crippen LogP contribution in [0.1, 0.15) is 24.9 Å². The van der Waals surface area contributed by atoms with Gasteiger partial charge in [-0.25, -0.2) is 0 Å². The first-order valence-corrected chi connectivity index (χ1v) is 5.68. The molecule has 0 aliphatic carbocycles. The van der Waals surface area contributed by atoms with Gasteiger partial charge in [-0.3, -0.25) is 0 Å². The van der Waals surface area contributed by atoms with Gasteiger partial charge in [-0.1, -0.05) is 18.9 Å². The summed E-state index contributed by atoms with van der Waals surface area (Å²) in [7, 11) is 3.23. The van der Waals surface area contributed by atoms with E-state index in [-0.39, 0.29) is 6.04 Å². The molecule has 1 rings (SSSR count). The van der Waals surface area contributed by atoms with E-state index in [1.54, 1.807) is 14.2 Å². The van der Waals surface area contributed by atoms with Crippen LogP contribution in [0, 0.1) is 12.3 Å². The molecule has 0 fully saturated rings. The fourth-order valence-corrected chi connectivity index (χ4v) is 1.59. The van der Waals surface area contributed by atoms with Gasteiger partial charge in [0.15, 0.2) is 11.5 Å². The summed E-state index contributed by atoms with van der Waals surface area (Å²) in [6.07, 6.45) is 6.57. The van der Waals surface area contributed by atoms with Crippen molar-refractivity contribution in [1.82, 2.24) is 5.32 Å². The van der Waals surface area contributed by atoms with Crippen molar-refractivity contribution in [1.29, 1.82) is 0 Å². The largest absolute Gasteiger partial charge is 0.493 e. The zero-order valence-corrected chi connectivity index (χ0v) is 10.6. The highest BCUT2D eigenvalue weighted by molar-refractivity contribution is 5.45. The van der Waals surface area contributed by atoms with Crippen LogP contribution in [0.15, 0.2) is 18.2 Å². The van der Waals surface area contributed by atoms with Crippen molar-refractivity contribution in [2.45, 2.75) is 19.4 Å². The SMILES string of the molecule is C#CC(NCCC)c1ccc(OC)c(OC)c1. The Morgan fingerprint density at radius 3 is 2.53 bits per heavy atom. The molecule has 0 spiro atoms. The number of nitrogens with one attached hydrogen (secondary N) is 1. The van der Waals surface area contributed by atoms with Crippen LogP contribution in [0.2, 0.25) is 0 Å². The van der Waals surface area contributed by atoms with E-state index < -0.39 is 0 Å². The molecular weight excluding hydrogens is 214 g/mol. The zero-order valence-electron chi connectivity index (χ0n) is 10.6. The Balaban J connectivity index is 2.93. The van der Waals surface area contributed by atoms with Crippen molar-refractivity contribution in [2.24, 2.45) is 0 Å². The van der Waals surface area contributed by atoms with Crippen LogP contribution in [0.3, 0.4) is 0 Å². The third-order valence-electron chi connectivity index (χ3n) is 2.51. The van der Waals surface area contributed by atoms with Gasteiger partial charge in [0.05, 0.1) is 20.3 Å². The third kappa shape index (κ3) is 3.40. The normalized spacial score (nSPS) is 11.6. The number of terminal acetylenes is 1. The van der Waals surface area contributed by atoms with Crippen LogP contribution in [-0.4, -0.2) is 20.8 Å². The lowest BCUT2D eigenvalue weighted by Crippen LogP contribution is -2.20. The first-order chi connectivity index (χ1) is 8.26. The van der Waals surface area contributed by atoms with Crippen LogP contribution >= 0.6 is 0 Å². The lowest BCUT2D eigenvalue weighted by Gasteiger charge is -2.15. The van der Waals surface area contributed by atoms with Crippen LogP contribution < -0.4 is 14.8 Å². The number of ether oxygens (including phenoxy) is 2. The first-order valence-electron chi connectivity index (χ1n) is 5.68. The van der Waals surface area contributed by atoms with Gasteiger partial charge < -0.3 is 14.8 Å². The van der Waals surface area contributed by atoms with E-state index >= 15 is 0 Å². The summed E-state index contributed by atoms with van der Waals surface area (Å²) in [6, 6.07) is 5.64. The monoisotopic (exact) mass is 233 g/mol. The zero-order chi connectivity index (χ0) is 12.7. The molecule has 0 bridgehead atoms. The van der Waals surface area contributed by atoms with Crippen LogP contribution in [0.4, 0.5) is 0 Å². The van der Waals surface area contributed by atoms with Crippen molar-refractivity contribution in [3.63, 3.8) is 0 Å². The Hall–Kier alpha value is -1.66. The average Bonchev–Trinajstić information content (AvgIpc) is 2.39. The second-order valence-corrected chi connectivity index (χ2v) is 3.67. The Labute approximate surface area is 103 Å². The molecule has 92 valence electrons. The van der Waals surface area contributed by atoms with Crippen molar-refractivity contribution in [2.75, 3.05) is 20.8 Å². The Morgan fingerprint density at radius 1 is 1.29 bits per heavy atom. The highest BCUT2D eigenvalue weighted by Crippen LogP contribution is 2.29. The molecule has 0 amide bonds. The van der Waals surface area contributed by atoms with Crippen molar-refractivity contribution >= 4 is 0 Å². The molecule has 1 N–H and O–H groups in total. The maximum Gasteiger partial charge on any atom is 0.161 e. The predicted octanol–water partition coefficient (Wildman–Crippen LogP) is 2.38. The number of hydrogen-bond donors (Lipinski definition) is 1. The molecule has 0 saturated heterocycles. The summed E-state index contributed by atoms with van der Waals surface area (Å²) >= 11 is 0. The number of rotatable bonds is 6. The maximum atomic E-state index is 5.52. The predicted molar refractivity (Wildman–Crippen MR) is 69.4 cm³/mol. The highest BCUT2D eigenvalue weighted by Gasteiger charge is 2.11. The van der Waals surface area contributed by atoms with Gasteiger partial charge in [0.1, 0.15) is 0 Å². The van der Waals surface area contributed by atoms with Gasteiger partial charge in [0.2, 0.25) is 0 Å². The summed E-state index contributed by atoms with van der Waals surface area (Å²) in [5.74, 6) is 4.14. The van der Waals surface area contributed by atoms with Gasteiger partial charge in [0.25, 0.3) is 0 Å². The molecule has 0 radical (unpaired) electrons. The van der Waals surface area contributed by atoms with Crippen LogP contribution in [0.5, 0.6) is 11.5 Å². The Kier molecular flexibility index (Phi) is 5.38. The highest BCUT2D eigenvalue weighted by atomic mass is 16.5. The number of benzene rings is 1. The summed E-state index contributed by atoms with van der Waals surface area (Å²) in [5, 5.41) is 3.29. The van der Waals surface area contributed by atoms with Gasteiger partial charge in [-0.15, -0.1) is 6.42 Å². The molecule has 0 aliphatic rings. The summed E-state index contributed by atoms with van der Waals surface area (Å²) < 4.78 is 10.4. The van der Waals surface area contributed by atoms with E-state index in [9.17, 15) is 0 Å². The second kappa shape index (κ2) is 6.82. The molecule has 1 atom stereocenters. The van der Waals surface area contributed by atoms with Crippen LogP contribution in [-0.2, 0) is 0 Å². The van der Waals surface area contributed by atoms with E-state index in [0.717, 1.165) is 18.5 Å². The molecule has 0 heterocycles. The van der Waals surface area contributed by atoms with Gasteiger partial charge in [0, 0.05) is 0 Å². The fraction of sp³-hybridized carbons (Fsp3) is 0.429. The lowest BCUT2D eigenvalue weighted by molar-refractivity contribution is 0.354. The third-order valence-corrected chi connectivity index (χ3v) is 2.51. The molecular formula is C14H19NO2. The minimum Gasteiger partial charge on any atom is -0.493 e. The van der Waals surface area contributed by atoms with Gasteiger partial charge in [-0.2, -0.15) is 0 Å². The van der Waals surface area contributed by atoms with E-state index in [4.69, 9.17) is 15.9 Å². The molecule has 3 heteroatoms. The molecule has 1 aromatic carbocycles. The Bertz CT molecular complexity index is 396. The molecule has 0 saturated carbocycles. The molecule has 1 aromatic rings. The average molecular weight is 233 g/mol. The summed E-state index contributed by atoms with van der Waals surface area (Å²) in [5.41, 5.74) is 1.01. The molecule has 17 heavy (non-hydrogen) atoms. The molecule has 0 aromatic heterocycles. The van der Waals surface area contributed by atoms with E-state index in [2.05, 4.69) is 18.2 Å². The quantitative estimate of drug-likeness (QED) is 0.765. The number of methoxy groups -OCH3 is 2. The maximum absolute atomic E-state index is 5.52. The Morgan fingerprint density at radius 2 is 2.00 bits per heavy atom. The topological polar surface area (TPSA) is 30.5 Å². The minimum atomic E-state index is -0.0882. The first kappa shape index (κ1) is 13.4. The molecule has 1 unspecified atom stereocenters. The van der Waals surface area contributed by atoms with E-state index in [1.807, 2.05) is 18.2 Å². The fourth-order valence-electron chi connectivity index (χ4n) is 1.59. The summed E-state index contributed by atoms with van der Waals surface area (Å²) in [4.78, 5) is 0. The van der Waals surface area contributed by atoms with Crippen molar-refractivity contribution < 1.29 is 9.47 Å². The second-order valence-electron chi connectivity index (χ2n) is 3.67. The van der Waals surface area contributed by atoms with Crippen molar-refractivity contribution in [3.8, 4) is 23.8 Å². The standard InChI is InChI=1S/C14H19NO2/c1-5-9-15-12(6-2)11-7-8-13(16-3)14(10-11)17-4/h2,7-8,10,12,15H,5,9H2,1,3-4H3. The van der Waals surface area contributed by atoms with Crippen LogP contribution in [0.25, 0.3) is 0 Å². The smallest absolute Gasteiger partial charge is 0.161 e. The van der Waals surface area contributed by atoms with E-state index in [1.165, 1.54) is 0 Å². The summed E-state index contributed by atoms with van der Waals surface area (Å²) in [6.45, 7) is 3.00. The number of hydrogen-bond acceptors (Lipinski definition) is 3. The molecule has 0 aliphatic heterocycles. The minimum absolute atomic E-state index is 0.0882.